The van der Waals surface area contributed by atoms with E-state index in [-0.39, 0.29) is 17.5 Å². The molecule has 2 aromatic carbocycles. The lowest BCUT2D eigenvalue weighted by Crippen LogP contribution is -2.49. The van der Waals surface area contributed by atoms with Crippen molar-refractivity contribution < 1.29 is 4.79 Å². The Kier molecular flexibility index (Phi) is 6.12. The van der Waals surface area contributed by atoms with E-state index in [4.69, 9.17) is 11.6 Å². The summed E-state index contributed by atoms with van der Waals surface area (Å²) in [5, 5.41) is 0.776. The number of fused-ring (bicyclic) bond motifs is 1. The van der Waals surface area contributed by atoms with Crippen molar-refractivity contribution >= 4 is 28.5 Å². The molecule has 2 heterocycles. The molecule has 1 aliphatic heterocycles. The molecule has 0 saturated carbocycles. The Hall–Kier alpha value is -2.70. The van der Waals surface area contributed by atoms with E-state index in [0.717, 1.165) is 29.2 Å². The smallest absolute Gasteiger partial charge is 0.272 e. The average Bonchev–Trinajstić information content (AvgIpc) is 2.79. The van der Waals surface area contributed by atoms with Crippen LogP contribution in [0.3, 0.4) is 0 Å². The Morgan fingerprint density at radius 2 is 1.84 bits per heavy atom. The maximum atomic E-state index is 13.1. The monoisotopic (exact) mass is 438 g/mol. The summed E-state index contributed by atoms with van der Waals surface area (Å²) in [5.74, 6) is 0.000600. The lowest BCUT2D eigenvalue weighted by atomic mass is 10.1. The first-order chi connectivity index (χ1) is 14.9. The lowest BCUT2D eigenvalue weighted by molar-refractivity contribution is 0.0582. The van der Waals surface area contributed by atoms with Crippen LogP contribution < -0.4 is 5.56 Å². The number of carbonyl (C=O) groups is 1. The maximum absolute atomic E-state index is 13.1. The number of rotatable bonds is 4. The standard InChI is InChI=1S/C24H27ClN4O2/c1-4-29-22-10-9-18(15-21(22)26-16(2)23(29)30)24(31)28-13-11-27(12-14-28)17(3)19-7-5-6-8-20(19)25/h5-10,15,17H,4,11-14H2,1-3H3. The van der Waals surface area contributed by atoms with Gasteiger partial charge in [-0.15, -0.1) is 0 Å². The van der Waals surface area contributed by atoms with Crippen LogP contribution in [0.2, 0.25) is 5.02 Å². The number of aromatic nitrogens is 2. The highest BCUT2D eigenvalue weighted by molar-refractivity contribution is 6.31. The van der Waals surface area contributed by atoms with Crippen LogP contribution in [0.1, 0.15) is 41.5 Å². The lowest BCUT2D eigenvalue weighted by Gasteiger charge is -2.38. The first-order valence-electron chi connectivity index (χ1n) is 10.7. The number of halogens is 1. The van der Waals surface area contributed by atoms with Gasteiger partial charge in [0.2, 0.25) is 0 Å². The van der Waals surface area contributed by atoms with Crippen LogP contribution in [-0.2, 0) is 6.54 Å². The fourth-order valence-electron chi connectivity index (χ4n) is 4.33. The highest BCUT2D eigenvalue weighted by Crippen LogP contribution is 2.28. The molecule has 1 amide bonds. The molecule has 3 aromatic rings. The third-order valence-corrected chi connectivity index (χ3v) is 6.52. The van der Waals surface area contributed by atoms with Crippen molar-refractivity contribution in [2.24, 2.45) is 0 Å². The van der Waals surface area contributed by atoms with Crippen LogP contribution in [-0.4, -0.2) is 51.4 Å². The predicted molar refractivity (Wildman–Crippen MR) is 124 cm³/mol. The Morgan fingerprint density at radius 1 is 1.13 bits per heavy atom. The molecule has 7 heteroatoms. The summed E-state index contributed by atoms with van der Waals surface area (Å²) in [7, 11) is 0. The molecule has 31 heavy (non-hydrogen) atoms. The molecule has 6 nitrogen and oxygen atoms in total. The third kappa shape index (κ3) is 4.10. The minimum atomic E-state index is -0.0853. The van der Waals surface area contributed by atoms with Gasteiger partial charge in [-0.05, 0) is 50.6 Å². The predicted octanol–water partition coefficient (Wildman–Crippen LogP) is 3.90. The Bertz CT molecular complexity index is 1180. The molecular formula is C24H27ClN4O2. The van der Waals surface area contributed by atoms with Gasteiger partial charge in [0, 0.05) is 49.4 Å². The van der Waals surface area contributed by atoms with Crippen molar-refractivity contribution in [2.45, 2.75) is 33.4 Å². The fourth-order valence-corrected chi connectivity index (χ4v) is 4.62. The quantitative estimate of drug-likeness (QED) is 0.620. The molecule has 0 aliphatic carbocycles. The van der Waals surface area contributed by atoms with E-state index in [1.807, 2.05) is 36.1 Å². The summed E-state index contributed by atoms with van der Waals surface area (Å²) >= 11 is 6.37. The molecule has 1 aliphatic rings. The zero-order valence-electron chi connectivity index (χ0n) is 18.1. The molecule has 1 atom stereocenters. The highest BCUT2D eigenvalue weighted by atomic mass is 35.5. The first-order valence-corrected chi connectivity index (χ1v) is 11.1. The van der Waals surface area contributed by atoms with Crippen molar-refractivity contribution in [3.63, 3.8) is 0 Å². The van der Waals surface area contributed by atoms with Gasteiger partial charge in [0.1, 0.15) is 5.69 Å². The third-order valence-electron chi connectivity index (χ3n) is 6.18. The fraction of sp³-hybridized carbons (Fsp3) is 0.375. The molecule has 0 N–H and O–H groups in total. The topological polar surface area (TPSA) is 58.4 Å². The second-order valence-electron chi connectivity index (χ2n) is 7.98. The van der Waals surface area contributed by atoms with Crippen LogP contribution in [0, 0.1) is 6.92 Å². The van der Waals surface area contributed by atoms with Crippen LogP contribution in [0.25, 0.3) is 11.0 Å². The van der Waals surface area contributed by atoms with E-state index in [1.165, 1.54) is 0 Å². The molecule has 0 radical (unpaired) electrons. The molecule has 0 spiro atoms. The minimum absolute atomic E-state index is 0.000600. The van der Waals surface area contributed by atoms with Crippen molar-refractivity contribution in [3.8, 4) is 0 Å². The molecular weight excluding hydrogens is 412 g/mol. The molecule has 162 valence electrons. The first kappa shape index (κ1) is 21.5. The number of aryl methyl sites for hydroxylation is 2. The van der Waals surface area contributed by atoms with Crippen molar-refractivity contribution in [2.75, 3.05) is 26.2 Å². The van der Waals surface area contributed by atoms with Crippen molar-refractivity contribution in [1.29, 1.82) is 0 Å². The maximum Gasteiger partial charge on any atom is 0.272 e. The van der Waals surface area contributed by atoms with Gasteiger partial charge in [-0.3, -0.25) is 14.5 Å². The molecule has 1 saturated heterocycles. The summed E-state index contributed by atoms with van der Waals surface area (Å²) in [5.41, 5.74) is 3.51. The van der Waals surface area contributed by atoms with Crippen molar-refractivity contribution in [3.05, 3.63) is 74.7 Å². The second-order valence-corrected chi connectivity index (χ2v) is 8.38. The number of piperazine rings is 1. The number of hydrogen-bond acceptors (Lipinski definition) is 4. The van der Waals surface area contributed by atoms with Crippen LogP contribution in [0.4, 0.5) is 0 Å². The van der Waals surface area contributed by atoms with Gasteiger partial charge in [-0.25, -0.2) is 4.98 Å². The van der Waals surface area contributed by atoms with Gasteiger partial charge in [-0.2, -0.15) is 0 Å². The molecule has 1 fully saturated rings. The van der Waals surface area contributed by atoms with Crippen LogP contribution >= 0.6 is 11.6 Å². The molecule has 0 bridgehead atoms. The van der Waals surface area contributed by atoms with Gasteiger partial charge in [-0.1, -0.05) is 29.8 Å². The highest BCUT2D eigenvalue weighted by Gasteiger charge is 2.26. The zero-order valence-corrected chi connectivity index (χ0v) is 18.9. The summed E-state index contributed by atoms with van der Waals surface area (Å²) in [6, 6.07) is 13.5. The number of amides is 1. The number of carbonyl (C=O) groups excluding carboxylic acids is 1. The Labute approximate surface area is 187 Å². The Balaban J connectivity index is 1.50. The average molecular weight is 439 g/mol. The van der Waals surface area contributed by atoms with E-state index in [1.54, 1.807) is 23.6 Å². The minimum Gasteiger partial charge on any atom is -0.336 e. The summed E-state index contributed by atoms with van der Waals surface area (Å²) in [6.45, 7) is 9.27. The summed E-state index contributed by atoms with van der Waals surface area (Å²) in [4.78, 5) is 34.1. The largest absolute Gasteiger partial charge is 0.336 e. The normalized spacial score (nSPS) is 15.9. The van der Waals surface area contributed by atoms with E-state index in [0.29, 0.717) is 36.4 Å². The van der Waals surface area contributed by atoms with Crippen LogP contribution in [0.15, 0.2) is 47.3 Å². The van der Waals surface area contributed by atoms with Gasteiger partial charge < -0.3 is 9.47 Å². The van der Waals surface area contributed by atoms with Crippen molar-refractivity contribution in [1.82, 2.24) is 19.4 Å². The van der Waals surface area contributed by atoms with E-state index in [2.05, 4.69) is 22.9 Å². The molecule has 1 unspecified atom stereocenters. The SMILES string of the molecule is CCn1c(=O)c(C)nc2cc(C(=O)N3CCN(C(C)c4ccccc4Cl)CC3)ccc21. The number of nitrogens with zero attached hydrogens (tertiary/aromatic N) is 4. The van der Waals surface area contributed by atoms with Gasteiger partial charge in [0.05, 0.1) is 11.0 Å². The molecule has 4 rings (SSSR count). The number of hydrogen-bond donors (Lipinski definition) is 0. The van der Waals surface area contributed by atoms with Crippen LogP contribution in [0.5, 0.6) is 0 Å². The zero-order chi connectivity index (χ0) is 22.1. The van der Waals surface area contributed by atoms with E-state index in [9.17, 15) is 9.59 Å². The number of benzene rings is 2. The van der Waals surface area contributed by atoms with Gasteiger partial charge in [0.25, 0.3) is 11.5 Å². The molecule has 1 aromatic heterocycles. The van der Waals surface area contributed by atoms with E-state index >= 15 is 0 Å². The summed E-state index contributed by atoms with van der Waals surface area (Å²) < 4.78 is 1.70. The second kappa shape index (κ2) is 8.81. The van der Waals surface area contributed by atoms with E-state index < -0.39 is 0 Å². The van der Waals surface area contributed by atoms with Gasteiger partial charge in [0.15, 0.2) is 0 Å². The Morgan fingerprint density at radius 3 is 2.52 bits per heavy atom. The van der Waals surface area contributed by atoms with Gasteiger partial charge >= 0.3 is 0 Å². The summed E-state index contributed by atoms with van der Waals surface area (Å²) in [6.07, 6.45) is 0.